The van der Waals surface area contributed by atoms with Gasteiger partial charge in [-0.05, 0) is 60.9 Å². The molecule has 0 aliphatic heterocycles. The van der Waals surface area contributed by atoms with Crippen LogP contribution >= 0.6 is 11.8 Å². The summed E-state index contributed by atoms with van der Waals surface area (Å²) in [5, 5.41) is 8.07. The molecule has 0 atom stereocenters. The van der Waals surface area contributed by atoms with Gasteiger partial charge in [0.25, 0.3) is 11.5 Å². The summed E-state index contributed by atoms with van der Waals surface area (Å²) in [5.74, 6) is 2.57. The molecule has 166 valence electrons. The molecule has 0 aliphatic rings. The van der Waals surface area contributed by atoms with Crippen molar-refractivity contribution in [3.63, 3.8) is 0 Å². The van der Waals surface area contributed by atoms with Crippen LogP contribution in [-0.4, -0.2) is 28.5 Å². The Kier molecular flexibility index (Phi) is 8.11. The first-order chi connectivity index (χ1) is 16.0. The second-order valence-corrected chi connectivity index (χ2v) is 7.70. The number of nitrogens with zero attached hydrogens (tertiary/aromatic N) is 1. The number of hydrogen-bond donors (Lipinski definition) is 3. The van der Waals surface area contributed by atoms with Crippen LogP contribution in [0.2, 0.25) is 0 Å². The van der Waals surface area contributed by atoms with Crippen LogP contribution in [-0.2, 0) is 4.79 Å². The summed E-state index contributed by atoms with van der Waals surface area (Å²) in [6.07, 6.45) is 10.2. The second kappa shape index (κ2) is 11.4. The van der Waals surface area contributed by atoms with Crippen molar-refractivity contribution in [2.45, 2.75) is 0 Å². The molecule has 1 aromatic heterocycles. The third-order valence-electron chi connectivity index (χ3n) is 4.50. The quantitative estimate of drug-likeness (QED) is 0.371. The normalized spacial score (nSPS) is 10.7. The lowest BCUT2D eigenvalue weighted by Crippen LogP contribution is -2.26. The Morgan fingerprint density at radius 2 is 1.67 bits per heavy atom. The van der Waals surface area contributed by atoms with Crippen LogP contribution in [0.25, 0.3) is 5.69 Å². The number of terminal acetylenes is 1. The van der Waals surface area contributed by atoms with E-state index in [2.05, 4.69) is 21.9 Å². The van der Waals surface area contributed by atoms with Gasteiger partial charge in [-0.1, -0.05) is 12.0 Å². The van der Waals surface area contributed by atoms with Gasteiger partial charge in [0.15, 0.2) is 0 Å². The zero-order valence-electron chi connectivity index (χ0n) is 17.9. The fourth-order valence-corrected chi connectivity index (χ4v) is 3.38. The summed E-state index contributed by atoms with van der Waals surface area (Å²) >= 11 is 1.45. The molecule has 0 fully saturated rings. The molecule has 0 bridgehead atoms. The van der Waals surface area contributed by atoms with E-state index in [1.807, 2.05) is 6.26 Å². The van der Waals surface area contributed by atoms with Crippen LogP contribution in [0, 0.1) is 12.3 Å². The number of hydrogen-bond acceptors (Lipinski definition) is 4. The maximum absolute atomic E-state index is 12.7. The van der Waals surface area contributed by atoms with E-state index < -0.39 is 6.03 Å². The third-order valence-corrected chi connectivity index (χ3v) is 5.10. The largest absolute Gasteiger partial charge is 0.323 e. The predicted octanol–water partition coefficient (Wildman–Crippen LogP) is 3.83. The zero-order chi connectivity index (χ0) is 23.6. The highest BCUT2D eigenvalue weighted by molar-refractivity contribution is 7.98. The van der Waals surface area contributed by atoms with Crippen molar-refractivity contribution in [1.29, 1.82) is 0 Å². The number of pyridine rings is 1. The van der Waals surface area contributed by atoms with Crippen LogP contribution in [0.15, 0.2) is 89.5 Å². The molecule has 8 heteroatoms. The fraction of sp³-hybridized carbons (Fsp3) is 0.0800. The average molecular weight is 459 g/mol. The maximum atomic E-state index is 12.7. The Morgan fingerprint density at radius 1 is 1.00 bits per heavy atom. The Labute approximate surface area is 195 Å². The van der Waals surface area contributed by atoms with Crippen LogP contribution in [0.1, 0.15) is 5.56 Å². The van der Waals surface area contributed by atoms with Crippen LogP contribution in [0.3, 0.4) is 0 Å². The highest BCUT2D eigenvalue weighted by Crippen LogP contribution is 2.14. The minimum atomic E-state index is -0.479. The molecule has 7 nitrogen and oxygen atoms in total. The van der Waals surface area contributed by atoms with E-state index in [0.717, 1.165) is 0 Å². The molecule has 0 saturated heterocycles. The van der Waals surface area contributed by atoms with Crippen LogP contribution < -0.4 is 21.5 Å². The van der Waals surface area contributed by atoms with E-state index in [-0.39, 0.29) is 11.5 Å². The van der Waals surface area contributed by atoms with Crippen molar-refractivity contribution in [3.8, 4) is 18.0 Å². The summed E-state index contributed by atoms with van der Waals surface area (Å²) < 4.78 is 1.51. The summed E-state index contributed by atoms with van der Waals surface area (Å²) in [5.41, 5.74) is 2.79. The van der Waals surface area contributed by atoms with E-state index >= 15 is 0 Å². The SMILES string of the molecule is C#Cc1ccc(NC(=O)NC=C(CSC)C(=O)Nc2ccc(-n3ccccc3=O)cc2)cc1. The van der Waals surface area contributed by atoms with E-state index in [1.54, 1.807) is 66.9 Å². The lowest BCUT2D eigenvalue weighted by Gasteiger charge is -2.11. The number of nitrogens with one attached hydrogen (secondary N) is 3. The van der Waals surface area contributed by atoms with E-state index in [4.69, 9.17) is 6.42 Å². The molecule has 2 aromatic carbocycles. The first kappa shape index (κ1) is 23.4. The lowest BCUT2D eigenvalue weighted by molar-refractivity contribution is -0.112. The number of benzene rings is 2. The predicted molar refractivity (Wildman–Crippen MR) is 134 cm³/mol. The molecule has 3 rings (SSSR count). The standard InChI is InChI=1S/C25H22N4O3S/c1-3-18-7-9-21(10-8-18)28-25(32)26-16-19(17-33-2)24(31)27-20-11-13-22(14-12-20)29-15-5-4-6-23(29)30/h1,4-16H,17H2,2H3,(H,27,31)(H2,26,28,32). The number of thioether (sulfide) groups is 1. The van der Waals surface area contributed by atoms with Crippen molar-refractivity contribution in [2.75, 3.05) is 22.6 Å². The molecule has 3 N–H and O–H groups in total. The molecule has 33 heavy (non-hydrogen) atoms. The topological polar surface area (TPSA) is 92.2 Å². The summed E-state index contributed by atoms with van der Waals surface area (Å²) in [6, 6.07) is 18.2. The van der Waals surface area contributed by atoms with Gasteiger partial charge < -0.3 is 16.0 Å². The molecular formula is C25H22N4O3S. The smallest absolute Gasteiger partial charge is 0.322 e. The second-order valence-electron chi connectivity index (χ2n) is 6.83. The van der Waals surface area contributed by atoms with Gasteiger partial charge in [-0.15, -0.1) is 6.42 Å². The van der Waals surface area contributed by atoms with Gasteiger partial charge in [0, 0.05) is 52.4 Å². The molecule has 0 aliphatic carbocycles. The summed E-state index contributed by atoms with van der Waals surface area (Å²) in [6.45, 7) is 0. The zero-order valence-corrected chi connectivity index (χ0v) is 18.7. The molecule has 0 radical (unpaired) electrons. The number of urea groups is 1. The Morgan fingerprint density at radius 3 is 2.30 bits per heavy atom. The molecular weight excluding hydrogens is 436 g/mol. The first-order valence-electron chi connectivity index (χ1n) is 9.92. The highest BCUT2D eigenvalue weighted by Gasteiger charge is 2.11. The first-order valence-corrected chi connectivity index (χ1v) is 11.3. The number of carbonyl (C=O) groups excluding carboxylic acids is 2. The number of rotatable bonds is 7. The third kappa shape index (κ3) is 6.63. The Hall–Kier alpha value is -4.22. The minimum Gasteiger partial charge on any atom is -0.322 e. The molecule has 1 heterocycles. The molecule has 0 unspecified atom stereocenters. The van der Waals surface area contributed by atoms with Crippen molar-refractivity contribution < 1.29 is 9.59 Å². The average Bonchev–Trinajstić information content (AvgIpc) is 2.83. The van der Waals surface area contributed by atoms with Gasteiger partial charge in [0.1, 0.15) is 0 Å². The molecule has 3 aromatic rings. The molecule has 0 spiro atoms. The molecule has 0 saturated carbocycles. The number of amides is 3. The fourth-order valence-electron chi connectivity index (χ4n) is 2.86. The van der Waals surface area contributed by atoms with Crippen molar-refractivity contribution in [2.24, 2.45) is 0 Å². The van der Waals surface area contributed by atoms with Crippen molar-refractivity contribution in [3.05, 3.63) is 101 Å². The maximum Gasteiger partial charge on any atom is 0.323 e. The lowest BCUT2D eigenvalue weighted by atomic mass is 10.2. The monoisotopic (exact) mass is 458 g/mol. The van der Waals surface area contributed by atoms with E-state index in [1.165, 1.54) is 28.6 Å². The van der Waals surface area contributed by atoms with Gasteiger partial charge >= 0.3 is 6.03 Å². The van der Waals surface area contributed by atoms with Crippen LogP contribution in [0.4, 0.5) is 16.2 Å². The van der Waals surface area contributed by atoms with Crippen LogP contribution in [0.5, 0.6) is 0 Å². The highest BCUT2D eigenvalue weighted by atomic mass is 32.2. The van der Waals surface area contributed by atoms with Gasteiger partial charge in [-0.2, -0.15) is 11.8 Å². The van der Waals surface area contributed by atoms with Gasteiger partial charge in [-0.3, -0.25) is 14.2 Å². The van der Waals surface area contributed by atoms with E-state index in [9.17, 15) is 14.4 Å². The Balaban J connectivity index is 1.63. The van der Waals surface area contributed by atoms with Gasteiger partial charge in [0.2, 0.25) is 0 Å². The van der Waals surface area contributed by atoms with Gasteiger partial charge in [-0.25, -0.2) is 4.79 Å². The summed E-state index contributed by atoms with van der Waals surface area (Å²) in [7, 11) is 0. The molecule has 3 amide bonds. The Bertz CT molecular complexity index is 1260. The summed E-state index contributed by atoms with van der Waals surface area (Å²) in [4.78, 5) is 36.8. The van der Waals surface area contributed by atoms with Gasteiger partial charge in [0.05, 0.1) is 0 Å². The van der Waals surface area contributed by atoms with Crippen molar-refractivity contribution >= 4 is 35.1 Å². The number of anilines is 2. The number of carbonyl (C=O) groups is 2. The van der Waals surface area contributed by atoms with E-state index in [0.29, 0.717) is 34.0 Å². The van der Waals surface area contributed by atoms with Crippen molar-refractivity contribution in [1.82, 2.24) is 9.88 Å². The number of aromatic nitrogens is 1. The minimum absolute atomic E-state index is 0.143.